The summed E-state index contributed by atoms with van der Waals surface area (Å²) >= 11 is 0. The normalized spacial score (nSPS) is 12.9. The van der Waals surface area contributed by atoms with Crippen LogP contribution >= 0.6 is 0 Å². The van der Waals surface area contributed by atoms with E-state index in [9.17, 15) is 5.11 Å². The number of nitrogens with zero attached hydrogens (tertiary/aromatic N) is 2. The molecule has 96 valence electrons. The minimum atomic E-state index is -0.482. The Kier molecular flexibility index (Phi) is 4.12. The Balaban J connectivity index is 1.89. The van der Waals surface area contributed by atoms with Crippen molar-refractivity contribution in [2.75, 3.05) is 13.6 Å². The third-order valence-corrected chi connectivity index (χ3v) is 2.78. The highest BCUT2D eigenvalue weighted by Gasteiger charge is 2.11. The number of hydrogen-bond acceptors (Lipinski definition) is 4. The zero-order valence-electron chi connectivity index (χ0n) is 10.7. The predicted octanol–water partition coefficient (Wildman–Crippen LogP) is 2.15. The van der Waals surface area contributed by atoms with Gasteiger partial charge in [0.1, 0.15) is 5.76 Å². The maximum atomic E-state index is 10.1. The number of likely N-dealkylation sites (N-methyl/N-ethyl adjacent to an activating group) is 1. The lowest BCUT2D eigenvalue weighted by Crippen LogP contribution is -2.24. The average molecular weight is 246 g/mol. The maximum Gasteiger partial charge on any atom is 0.133 e. The van der Waals surface area contributed by atoms with Gasteiger partial charge in [-0.1, -0.05) is 35.5 Å². The van der Waals surface area contributed by atoms with Crippen molar-refractivity contribution >= 4 is 0 Å². The molecule has 0 saturated heterocycles. The number of aliphatic hydroxyl groups excluding tert-OH is 1. The van der Waals surface area contributed by atoms with Gasteiger partial charge >= 0.3 is 0 Å². The largest absolute Gasteiger partial charge is 0.387 e. The van der Waals surface area contributed by atoms with E-state index in [1.165, 1.54) is 0 Å². The molecule has 0 fully saturated rings. The van der Waals surface area contributed by atoms with E-state index in [4.69, 9.17) is 4.52 Å². The number of aromatic nitrogens is 1. The summed E-state index contributed by atoms with van der Waals surface area (Å²) in [4.78, 5) is 2.02. The van der Waals surface area contributed by atoms with E-state index in [-0.39, 0.29) is 0 Å². The molecule has 1 unspecified atom stereocenters. The zero-order valence-corrected chi connectivity index (χ0v) is 10.7. The van der Waals surface area contributed by atoms with Gasteiger partial charge in [0.25, 0.3) is 0 Å². The van der Waals surface area contributed by atoms with E-state index in [0.29, 0.717) is 13.1 Å². The van der Waals surface area contributed by atoms with Crippen LogP contribution in [0.15, 0.2) is 40.9 Å². The molecule has 2 aromatic rings. The van der Waals surface area contributed by atoms with Gasteiger partial charge in [-0.15, -0.1) is 0 Å². The highest BCUT2D eigenvalue weighted by Crippen LogP contribution is 2.14. The maximum absolute atomic E-state index is 10.1. The van der Waals surface area contributed by atoms with Gasteiger partial charge in [0, 0.05) is 19.2 Å². The molecule has 0 aliphatic rings. The van der Waals surface area contributed by atoms with Crippen molar-refractivity contribution in [3.8, 4) is 0 Å². The molecular weight excluding hydrogens is 228 g/mol. The third-order valence-electron chi connectivity index (χ3n) is 2.78. The molecule has 0 aliphatic heterocycles. The summed E-state index contributed by atoms with van der Waals surface area (Å²) in [6.07, 6.45) is -0.482. The molecule has 0 bridgehead atoms. The number of hydrogen-bond donors (Lipinski definition) is 1. The quantitative estimate of drug-likeness (QED) is 0.878. The highest BCUT2D eigenvalue weighted by atomic mass is 16.5. The van der Waals surface area contributed by atoms with E-state index < -0.39 is 6.10 Å². The van der Waals surface area contributed by atoms with Crippen LogP contribution in [0.2, 0.25) is 0 Å². The van der Waals surface area contributed by atoms with E-state index >= 15 is 0 Å². The molecule has 1 atom stereocenters. The van der Waals surface area contributed by atoms with Crippen molar-refractivity contribution in [1.82, 2.24) is 10.1 Å². The summed E-state index contributed by atoms with van der Waals surface area (Å²) in [5.74, 6) is 0.807. The second-order valence-corrected chi connectivity index (χ2v) is 4.55. The standard InChI is InChI=1S/C14H18N2O2/c1-11-8-13(15-18-11)9-16(2)10-14(17)12-6-4-3-5-7-12/h3-8,14,17H,9-10H2,1-2H3. The van der Waals surface area contributed by atoms with E-state index in [2.05, 4.69) is 5.16 Å². The smallest absolute Gasteiger partial charge is 0.133 e. The molecule has 0 spiro atoms. The van der Waals surface area contributed by atoms with Crippen molar-refractivity contribution in [3.05, 3.63) is 53.4 Å². The Bertz CT molecular complexity index is 482. The van der Waals surface area contributed by atoms with Gasteiger partial charge in [0.05, 0.1) is 11.8 Å². The molecule has 4 heteroatoms. The lowest BCUT2D eigenvalue weighted by molar-refractivity contribution is 0.122. The highest BCUT2D eigenvalue weighted by molar-refractivity contribution is 5.17. The molecule has 1 N–H and O–H groups in total. The van der Waals surface area contributed by atoms with Crippen LogP contribution in [-0.4, -0.2) is 28.8 Å². The Labute approximate surface area is 107 Å². The van der Waals surface area contributed by atoms with E-state index in [1.807, 2.05) is 55.3 Å². The number of benzene rings is 1. The van der Waals surface area contributed by atoms with Gasteiger partial charge in [0.15, 0.2) is 0 Å². The van der Waals surface area contributed by atoms with Crippen LogP contribution in [0, 0.1) is 6.92 Å². The third kappa shape index (κ3) is 3.42. The molecule has 1 aromatic heterocycles. The fourth-order valence-corrected chi connectivity index (χ4v) is 1.91. The van der Waals surface area contributed by atoms with Crippen molar-refractivity contribution in [1.29, 1.82) is 0 Å². The number of rotatable bonds is 5. The number of aliphatic hydroxyl groups is 1. The minimum absolute atomic E-state index is 0.482. The molecule has 0 amide bonds. The van der Waals surface area contributed by atoms with Gasteiger partial charge in [-0.2, -0.15) is 0 Å². The first-order valence-electron chi connectivity index (χ1n) is 5.99. The average Bonchev–Trinajstić information content (AvgIpc) is 2.75. The molecule has 18 heavy (non-hydrogen) atoms. The fourth-order valence-electron chi connectivity index (χ4n) is 1.91. The minimum Gasteiger partial charge on any atom is -0.387 e. The predicted molar refractivity (Wildman–Crippen MR) is 69.0 cm³/mol. The van der Waals surface area contributed by atoms with Crippen LogP contribution in [0.4, 0.5) is 0 Å². The molecule has 1 aromatic carbocycles. The molecule has 0 radical (unpaired) electrons. The van der Waals surface area contributed by atoms with Gasteiger partial charge < -0.3 is 9.63 Å². The topological polar surface area (TPSA) is 49.5 Å². The van der Waals surface area contributed by atoms with Gasteiger partial charge in [0.2, 0.25) is 0 Å². The first-order chi connectivity index (χ1) is 8.65. The Morgan fingerprint density at radius 2 is 2.06 bits per heavy atom. The monoisotopic (exact) mass is 246 g/mol. The zero-order chi connectivity index (χ0) is 13.0. The van der Waals surface area contributed by atoms with Crippen LogP contribution in [0.1, 0.15) is 23.1 Å². The van der Waals surface area contributed by atoms with Gasteiger partial charge in [-0.3, -0.25) is 4.90 Å². The second kappa shape index (κ2) is 5.80. The lowest BCUT2D eigenvalue weighted by Gasteiger charge is -2.19. The van der Waals surface area contributed by atoms with Gasteiger partial charge in [-0.05, 0) is 19.5 Å². The van der Waals surface area contributed by atoms with Crippen molar-refractivity contribution in [2.45, 2.75) is 19.6 Å². The van der Waals surface area contributed by atoms with Gasteiger partial charge in [-0.25, -0.2) is 0 Å². The summed E-state index contributed by atoms with van der Waals surface area (Å²) in [5, 5.41) is 14.0. The lowest BCUT2D eigenvalue weighted by atomic mass is 10.1. The van der Waals surface area contributed by atoms with Crippen LogP contribution in [0.3, 0.4) is 0 Å². The Hall–Kier alpha value is -1.65. The summed E-state index contributed by atoms with van der Waals surface area (Å²) in [6, 6.07) is 11.6. The molecule has 1 heterocycles. The molecule has 4 nitrogen and oxygen atoms in total. The summed E-state index contributed by atoms with van der Waals surface area (Å²) in [6.45, 7) is 3.10. The summed E-state index contributed by atoms with van der Waals surface area (Å²) in [5.41, 5.74) is 1.82. The van der Waals surface area contributed by atoms with Crippen LogP contribution in [0.5, 0.6) is 0 Å². The van der Waals surface area contributed by atoms with Crippen molar-refractivity contribution in [3.63, 3.8) is 0 Å². The molecular formula is C14H18N2O2. The van der Waals surface area contributed by atoms with Crippen molar-refractivity contribution in [2.24, 2.45) is 0 Å². The fraction of sp³-hybridized carbons (Fsp3) is 0.357. The molecule has 0 aliphatic carbocycles. The van der Waals surface area contributed by atoms with Crippen LogP contribution in [-0.2, 0) is 6.54 Å². The first kappa shape index (κ1) is 12.8. The molecule has 2 rings (SSSR count). The molecule has 0 saturated carbocycles. The SMILES string of the molecule is Cc1cc(CN(C)CC(O)c2ccccc2)no1. The first-order valence-corrected chi connectivity index (χ1v) is 5.99. The van der Waals surface area contributed by atoms with Crippen molar-refractivity contribution < 1.29 is 9.63 Å². The van der Waals surface area contributed by atoms with E-state index in [1.54, 1.807) is 0 Å². The Morgan fingerprint density at radius 1 is 1.33 bits per heavy atom. The Morgan fingerprint density at radius 3 is 2.67 bits per heavy atom. The number of aryl methyl sites for hydroxylation is 1. The van der Waals surface area contributed by atoms with Crippen LogP contribution < -0.4 is 0 Å². The van der Waals surface area contributed by atoms with E-state index in [0.717, 1.165) is 17.0 Å². The summed E-state index contributed by atoms with van der Waals surface area (Å²) in [7, 11) is 1.95. The van der Waals surface area contributed by atoms with Crippen LogP contribution in [0.25, 0.3) is 0 Å². The summed E-state index contributed by atoms with van der Waals surface area (Å²) < 4.78 is 5.02. The second-order valence-electron chi connectivity index (χ2n) is 4.55.